The van der Waals surface area contributed by atoms with Crippen LogP contribution in [0.3, 0.4) is 0 Å². The van der Waals surface area contributed by atoms with Gasteiger partial charge in [-0.2, -0.15) is 0 Å². The van der Waals surface area contributed by atoms with Gasteiger partial charge in [-0.1, -0.05) is 0 Å². The summed E-state index contributed by atoms with van der Waals surface area (Å²) in [6.45, 7) is 6.11. The van der Waals surface area contributed by atoms with E-state index in [4.69, 9.17) is 9.47 Å². The molecule has 0 bridgehead atoms. The van der Waals surface area contributed by atoms with E-state index in [9.17, 15) is 0 Å². The molecule has 0 spiro atoms. The normalized spacial score (nSPS) is 35.3. The first-order chi connectivity index (χ1) is 8.42. The fourth-order valence-electron chi connectivity index (χ4n) is 2.91. The SMILES string of the molecule is C1CC(CNCC2CCN(C3CC3)C2)OCO1. The van der Waals surface area contributed by atoms with E-state index in [0.29, 0.717) is 12.9 Å². The summed E-state index contributed by atoms with van der Waals surface area (Å²) in [5.74, 6) is 0.857. The van der Waals surface area contributed by atoms with Crippen molar-refractivity contribution in [2.75, 3.05) is 39.6 Å². The Kier molecular flexibility index (Phi) is 3.96. The summed E-state index contributed by atoms with van der Waals surface area (Å²) in [4.78, 5) is 2.68. The molecule has 3 rings (SSSR count). The minimum Gasteiger partial charge on any atom is -0.355 e. The van der Waals surface area contributed by atoms with E-state index in [1.54, 1.807) is 0 Å². The minimum atomic E-state index is 0.365. The fraction of sp³-hybridized carbons (Fsp3) is 1.00. The van der Waals surface area contributed by atoms with E-state index >= 15 is 0 Å². The average molecular weight is 240 g/mol. The van der Waals surface area contributed by atoms with Crippen LogP contribution in [0.4, 0.5) is 0 Å². The maximum Gasteiger partial charge on any atom is 0.147 e. The molecule has 1 aliphatic carbocycles. The van der Waals surface area contributed by atoms with Crippen LogP contribution in [-0.2, 0) is 9.47 Å². The van der Waals surface area contributed by atoms with Crippen molar-refractivity contribution in [2.24, 2.45) is 5.92 Å². The molecule has 0 aromatic carbocycles. The monoisotopic (exact) mass is 240 g/mol. The van der Waals surface area contributed by atoms with E-state index < -0.39 is 0 Å². The largest absolute Gasteiger partial charge is 0.355 e. The highest BCUT2D eigenvalue weighted by atomic mass is 16.7. The zero-order valence-corrected chi connectivity index (χ0v) is 10.6. The van der Waals surface area contributed by atoms with Gasteiger partial charge in [0.2, 0.25) is 0 Å². The summed E-state index contributed by atoms with van der Waals surface area (Å²) in [5.41, 5.74) is 0. The highest BCUT2D eigenvalue weighted by Gasteiger charge is 2.34. The smallest absolute Gasteiger partial charge is 0.147 e. The zero-order chi connectivity index (χ0) is 11.5. The molecule has 2 saturated heterocycles. The van der Waals surface area contributed by atoms with Gasteiger partial charge in [-0.25, -0.2) is 0 Å². The van der Waals surface area contributed by atoms with Crippen molar-refractivity contribution in [3.05, 3.63) is 0 Å². The number of nitrogens with zero attached hydrogens (tertiary/aromatic N) is 1. The lowest BCUT2D eigenvalue weighted by Gasteiger charge is -2.23. The first-order valence-electron chi connectivity index (χ1n) is 7.06. The van der Waals surface area contributed by atoms with E-state index in [0.717, 1.165) is 38.1 Å². The second-order valence-corrected chi connectivity index (χ2v) is 5.64. The molecule has 0 aromatic heterocycles. The van der Waals surface area contributed by atoms with Gasteiger partial charge in [0.25, 0.3) is 0 Å². The van der Waals surface area contributed by atoms with Gasteiger partial charge in [0.15, 0.2) is 0 Å². The summed E-state index contributed by atoms with van der Waals surface area (Å²) in [6.07, 6.45) is 5.65. The van der Waals surface area contributed by atoms with Gasteiger partial charge in [-0.15, -0.1) is 0 Å². The zero-order valence-electron chi connectivity index (χ0n) is 10.6. The van der Waals surface area contributed by atoms with Gasteiger partial charge in [0.1, 0.15) is 6.79 Å². The Labute approximate surface area is 104 Å². The quantitative estimate of drug-likeness (QED) is 0.771. The fourth-order valence-corrected chi connectivity index (χ4v) is 2.91. The molecule has 4 heteroatoms. The predicted molar refractivity (Wildman–Crippen MR) is 65.9 cm³/mol. The Morgan fingerprint density at radius 2 is 2.06 bits per heavy atom. The molecule has 0 aromatic rings. The lowest BCUT2D eigenvalue weighted by Crippen LogP contribution is -2.36. The van der Waals surface area contributed by atoms with E-state index in [1.165, 1.54) is 32.4 Å². The van der Waals surface area contributed by atoms with Crippen LogP contribution in [-0.4, -0.2) is 56.6 Å². The highest BCUT2D eigenvalue weighted by molar-refractivity contribution is 4.90. The first-order valence-corrected chi connectivity index (χ1v) is 7.06. The molecule has 4 nitrogen and oxygen atoms in total. The molecule has 2 atom stereocenters. The highest BCUT2D eigenvalue weighted by Crippen LogP contribution is 2.31. The van der Waals surface area contributed by atoms with E-state index in [-0.39, 0.29) is 0 Å². The molecule has 0 radical (unpaired) electrons. The maximum absolute atomic E-state index is 5.52. The summed E-state index contributed by atoms with van der Waals surface area (Å²) in [5, 5.41) is 3.57. The number of rotatable bonds is 5. The van der Waals surface area contributed by atoms with Crippen molar-refractivity contribution in [2.45, 2.75) is 37.8 Å². The number of likely N-dealkylation sites (tertiary alicyclic amines) is 1. The Bertz CT molecular complexity index is 240. The van der Waals surface area contributed by atoms with Gasteiger partial charge in [-0.3, -0.25) is 0 Å². The Morgan fingerprint density at radius 1 is 1.12 bits per heavy atom. The lowest BCUT2D eigenvalue weighted by molar-refractivity contribution is -0.137. The lowest BCUT2D eigenvalue weighted by atomic mass is 10.1. The molecular weight excluding hydrogens is 216 g/mol. The van der Waals surface area contributed by atoms with Crippen LogP contribution >= 0.6 is 0 Å². The van der Waals surface area contributed by atoms with Crippen LogP contribution in [0.15, 0.2) is 0 Å². The minimum absolute atomic E-state index is 0.365. The van der Waals surface area contributed by atoms with Crippen molar-refractivity contribution < 1.29 is 9.47 Å². The number of hydrogen-bond donors (Lipinski definition) is 1. The molecule has 0 amide bonds. The number of nitrogens with one attached hydrogen (secondary N) is 1. The van der Waals surface area contributed by atoms with Gasteiger partial charge in [-0.05, 0) is 44.7 Å². The second-order valence-electron chi connectivity index (χ2n) is 5.64. The molecular formula is C13H24N2O2. The number of ether oxygens (including phenoxy) is 2. The molecule has 1 saturated carbocycles. The van der Waals surface area contributed by atoms with Crippen LogP contribution in [0.2, 0.25) is 0 Å². The van der Waals surface area contributed by atoms with Crippen LogP contribution in [0.1, 0.15) is 25.7 Å². The average Bonchev–Trinajstić information content (AvgIpc) is 3.11. The topological polar surface area (TPSA) is 33.7 Å². The Balaban J connectivity index is 1.29. The standard InChI is InChI=1S/C13H24N2O2/c1-2-12(1)15-5-3-11(9-15)7-14-8-13-4-6-16-10-17-13/h11-14H,1-10H2. The predicted octanol–water partition coefficient (Wildman–Crippen LogP) is 0.823. The van der Waals surface area contributed by atoms with Crippen LogP contribution in [0.25, 0.3) is 0 Å². The van der Waals surface area contributed by atoms with Crippen LogP contribution < -0.4 is 5.32 Å². The molecule has 1 N–H and O–H groups in total. The third kappa shape index (κ3) is 3.41. The Hall–Kier alpha value is -0.160. The van der Waals surface area contributed by atoms with Gasteiger partial charge in [0, 0.05) is 19.1 Å². The molecule has 98 valence electrons. The third-order valence-electron chi connectivity index (χ3n) is 4.16. The van der Waals surface area contributed by atoms with E-state index in [2.05, 4.69) is 10.2 Å². The van der Waals surface area contributed by atoms with Crippen LogP contribution in [0, 0.1) is 5.92 Å². The summed E-state index contributed by atoms with van der Waals surface area (Å²) in [6, 6.07) is 0.943. The van der Waals surface area contributed by atoms with Gasteiger partial charge < -0.3 is 19.7 Å². The molecule has 2 unspecified atom stereocenters. The van der Waals surface area contributed by atoms with Gasteiger partial charge in [0.05, 0.1) is 12.7 Å². The van der Waals surface area contributed by atoms with Gasteiger partial charge >= 0.3 is 0 Å². The van der Waals surface area contributed by atoms with Crippen molar-refractivity contribution >= 4 is 0 Å². The van der Waals surface area contributed by atoms with Crippen LogP contribution in [0.5, 0.6) is 0 Å². The van der Waals surface area contributed by atoms with Crippen molar-refractivity contribution in [3.8, 4) is 0 Å². The molecule has 3 aliphatic rings. The first kappa shape index (κ1) is 11.9. The summed E-state index contributed by atoms with van der Waals surface area (Å²) in [7, 11) is 0. The summed E-state index contributed by atoms with van der Waals surface area (Å²) >= 11 is 0. The molecule has 17 heavy (non-hydrogen) atoms. The molecule has 2 aliphatic heterocycles. The van der Waals surface area contributed by atoms with E-state index in [1.807, 2.05) is 0 Å². The van der Waals surface area contributed by atoms with Crippen molar-refractivity contribution in [3.63, 3.8) is 0 Å². The van der Waals surface area contributed by atoms with Crippen molar-refractivity contribution in [1.82, 2.24) is 10.2 Å². The number of hydrogen-bond acceptors (Lipinski definition) is 4. The third-order valence-corrected chi connectivity index (χ3v) is 4.16. The summed E-state index contributed by atoms with van der Waals surface area (Å²) < 4.78 is 10.7. The molecule has 3 fully saturated rings. The maximum atomic E-state index is 5.52. The Morgan fingerprint density at radius 3 is 2.82 bits per heavy atom. The van der Waals surface area contributed by atoms with Crippen molar-refractivity contribution in [1.29, 1.82) is 0 Å². The second kappa shape index (κ2) is 5.65. The molecule has 2 heterocycles.